The highest BCUT2D eigenvalue weighted by atomic mass is 32.1. The first-order chi connectivity index (χ1) is 8.88. The molecule has 0 fully saturated rings. The summed E-state index contributed by atoms with van der Waals surface area (Å²) in [6, 6.07) is 11.7. The van der Waals surface area contributed by atoms with Gasteiger partial charge in [-0.2, -0.15) is 0 Å². The molecular weight excluding hydrogens is 262 g/mol. The number of carbonyl (C=O) groups is 1. The van der Waals surface area contributed by atoms with Gasteiger partial charge in [-0.1, -0.05) is 12.1 Å². The topological polar surface area (TPSA) is 30.0 Å². The maximum absolute atomic E-state index is 11.1. The number of rotatable bonds is 3. The van der Waals surface area contributed by atoms with Gasteiger partial charge in [0.2, 0.25) is 0 Å². The van der Waals surface area contributed by atoms with Crippen LogP contribution in [0.5, 0.6) is 0 Å². The van der Waals surface area contributed by atoms with Gasteiger partial charge in [0.05, 0.1) is 21.1 Å². The lowest BCUT2D eigenvalue weighted by Crippen LogP contribution is -1.91. The van der Waals surface area contributed by atoms with Gasteiger partial charge >= 0.3 is 0 Å². The smallest absolute Gasteiger partial charge is 0.152 e. The molecule has 4 heteroatoms. The molecule has 0 amide bonds. The Hall–Kier alpha value is -1.78. The SMILES string of the molecule is O=Cc1ccc(-c2cccs2)nc1-c1cccs1. The molecule has 3 aromatic heterocycles. The Kier molecular flexibility index (Phi) is 3.04. The summed E-state index contributed by atoms with van der Waals surface area (Å²) in [7, 11) is 0. The van der Waals surface area contributed by atoms with Crippen molar-refractivity contribution in [1.82, 2.24) is 4.98 Å². The van der Waals surface area contributed by atoms with Crippen molar-refractivity contribution in [1.29, 1.82) is 0 Å². The van der Waals surface area contributed by atoms with Crippen molar-refractivity contribution < 1.29 is 4.79 Å². The summed E-state index contributed by atoms with van der Waals surface area (Å²) in [5.74, 6) is 0. The molecule has 0 aliphatic rings. The Labute approximate surface area is 113 Å². The molecule has 3 rings (SSSR count). The van der Waals surface area contributed by atoms with E-state index in [1.807, 2.05) is 47.2 Å². The summed E-state index contributed by atoms with van der Waals surface area (Å²) in [6.07, 6.45) is 0.861. The first kappa shape index (κ1) is 11.3. The molecule has 0 radical (unpaired) electrons. The molecule has 18 heavy (non-hydrogen) atoms. The molecule has 0 spiro atoms. The number of carbonyl (C=O) groups excluding carboxylic acids is 1. The number of aromatic nitrogens is 1. The van der Waals surface area contributed by atoms with Crippen molar-refractivity contribution >= 4 is 29.0 Å². The van der Waals surface area contributed by atoms with Crippen molar-refractivity contribution in [2.45, 2.75) is 0 Å². The number of hydrogen-bond acceptors (Lipinski definition) is 4. The van der Waals surface area contributed by atoms with E-state index in [1.165, 1.54) is 0 Å². The zero-order chi connectivity index (χ0) is 12.4. The number of thiophene rings is 2. The Morgan fingerprint density at radius 1 is 0.944 bits per heavy atom. The van der Waals surface area contributed by atoms with Crippen LogP contribution in [0, 0.1) is 0 Å². The van der Waals surface area contributed by atoms with Gasteiger partial charge in [-0.3, -0.25) is 4.79 Å². The molecule has 0 aliphatic carbocycles. The molecule has 3 aromatic rings. The van der Waals surface area contributed by atoms with E-state index in [2.05, 4.69) is 4.98 Å². The van der Waals surface area contributed by atoms with Crippen molar-refractivity contribution in [2.75, 3.05) is 0 Å². The van der Waals surface area contributed by atoms with Crippen LogP contribution in [0.1, 0.15) is 10.4 Å². The highest BCUT2D eigenvalue weighted by Crippen LogP contribution is 2.30. The second-order valence-corrected chi connectivity index (χ2v) is 5.60. The first-order valence-electron chi connectivity index (χ1n) is 5.42. The molecule has 0 saturated carbocycles. The van der Waals surface area contributed by atoms with Crippen LogP contribution in [0.2, 0.25) is 0 Å². The van der Waals surface area contributed by atoms with Crippen LogP contribution < -0.4 is 0 Å². The molecule has 0 atom stereocenters. The van der Waals surface area contributed by atoms with E-state index in [9.17, 15) is 4.79 Å². The first-order valence-corrected chi connectivity index (χ1v) is 7.18. The standard InChI is InChI=1S/C14H9NOS2/c16-9-10-5-6-11(12-3-1-7-17-12)15-14(10)13-4-2-8-18-13/h1-9H. The maximum atomic E-state index is 11.1. The third kappa shape index (κ3) is 2.00. The fourth-order valence-corrected chi connectivity index (χ4v) is 3.17. The summed E-state index contributed by atoms with van der Waals surface area (Å²) in [5.41, 5.74) is 2.32. The monoisotopic (exact) mass is 271 g/mol. The summed E-state index contributed by atoms with van der Waals surface area (Å²) in [6.45, 7) is 0. The van der Waals surface area contributed by atoms with Crippen LogP contribution in [0.25, 0.3) is 21.1 Å². The van der Waals surface area contributed by atoms with Gasteiger partial charge in [0.1, 0.15) is 0 Å². The zero-order valence-electron chi connectivity index (χ0n) is 9.37. The fourth-order valence-electron chi connectivity index (χ4n) is 1.74. The average Bonchev–Trinajstić information content (AvgIpc) is 3.11. The predicted octanol–water partition coefficient (Wildman–Crippen LogP) is 4.35. The van der Waals surface area contributed by atoms with Crippen molar-refractivity contribution in [3.05, 3.63) is 52.7 Å². The minimum absolute atomic E-state index is 0.637. The Morgan fingerprint density at radius 2 is 1.67 bits per heavy atom. The predicted molar refractivity (Wildman–Crippen MR) is 76.3 cm³/mol. The van der Waals surface area contributed by atoms with Gasteiger partial charge in [0.25, 0.3) is 0 Å². The van der Waals surface area contributed by atoms with Crippen LogP contribution in [-0.4, -0.2) is 11.3 Å². The van der Waals surface area contributed by atoms with Crippen LogP contribution in [-0.2, 0) is 0 Å². The van der Waals surface area contributed by atoms with E-state index < -0.39 is 0 Å². The Balaban J connectivity index is 2.16. The largest absolute Gasteiger partial charge is 0.298 e. The number of hydrogen-bond donors (Lipinski definition) is 0. The van der Waals surface area contributed by atoms with E-state index >= 15 is 0 Å². The highest BCUT2D eigenvalue weighted by Gasteiger charge is 2.10. The van der Waals surface area contributed by atoms with E-state index in [-0.39, 0.29) is 0 Å². The van der Waals surface area contributed by atoms with Gasteiger partial charge in [-0.05, 0) is 35.0 Å². The summed E-state index contributed by atoms with van der Waals surface area (Å²) < 4.78 is 0. The minimum atomic E-state index is 0.637. The van der Waals surface area contributed by atoms with Crippen LogP contribution in [0.4, 0.5) is 0 Å². The van der Waals surface area contributed by atoms with Crippen molar-refractivity contribution in [3.63, 3.8) is 0 Å². The highest BCUT2D eigenvalue weighted by molar-refractivity contribution is 7.13. The number of aldehydes is 1. The van der Waals surface area contributed by atoms with E-state index in [1.54, 1.807) is 22.7 Å². The minimum Gasteiger partial charge on any atom is -0.298 e. The average molecular weight is 271 g/mol. The van der Waals surface area contributed by atoms with Crippen LogP contribution in [0.3, 0.4) is 0 Å². The second kappa shape index (κ2) is 4.84. The Bertz CT molecular complexity index is 657. The van der Waals surface area contributed by atoms with E-state index in [0.29, 0.717) is 5.56 Å². The maximum Gasteiger partial charge on any atom is 0.152 e. The summed E-state index contributed by atoms with van der Waals surface area (Å²) >= 11 is 3.24. The van der Waals surface area contributed by atoms with Gasteiger partial charge in [-0.25, -0.2) is 4.98 Å². The van der Waals surface area contributed by atoms with Gasteiger partial charge < -0.3 is 0 Å². The quantitative estimate of drug-likeness (QED) is 0.663. The summed E-state index contributed by atoms with van der Waals surface area (Å²) in [5, 5.41) is 4.01. The lowest BCUT2D eigenvalue weighted by Gasteiger charge is -2.04. The lowest BCUT2D eigenvalue weighted by molar-refractivity contribution is 0.112. The van der Waals surface area contributed by atoms with Crippen molar-refractivity contribution in [2.24, 2.45) is 0 Å². The molecule has 88 valence electrons. The van der Waals surface area contributed by atoms with E-state index in [0.717, 1.165) is 27.4 Å². The van der Waals surface area contributed by atoms with Crippen molar-refractivity contribution in [3.8, 4) is 21.1 Å². The molecular formula is C14H9NOS2. The number of nitrogens with zero attached hydrogens (tertiary/aromatic N) is 1. The fraction of sp³-hybridized carbons (Fsp3) is 0. The Morgan fingerprint density at radius 3 is 2.28 bits per heavy atom. The van der Waals surface area contributed by atoms with Crippen LogP contribution in [0.15, 0.2) is 47.2 Å². The zero-order valence-corrected chi connectivity index (χ0v) is 11.0. The molecule has 0 bridgehead atoms. The van der Waals surface area contributed by atoms with Gasteiger partial charge in [-0.15, -0.1) is 22.7 Å². The third-order valence-electron chi connectivity index (χ3n) is 2.58. The van der Waals surface area contributed by atoms with E-state index in [4.69, 9.17) is 0 Å². The molecule has 0 unspecified atom stereocenters. The van der Waals surface area contributed by atoms with Crippen LogP contribution >= 0.6 is 22.7 Å². The normalized spacial score (nSPS) is 10.4. The molecule has 0 aromatic carbocycles. The molecule has 0 aliphatic heterocycles. The molecule has 0 N–H and O–H groups in total. The summed E-state index contributed by atoms with van der Waals surface area (Å²) in [4.78, 5) is 17.8. The molecule has 0 saturated heterocycles. The third-order valence-corrected chi connectivity index (χ3v) is 4.35. The second-order valence-electron chi connectivity index (χ2n) is 3.71. The van der Waals surface area contributed by atoms with Gasteiger partial charge in [0.15, 0.2) is 6.29 Å². The van der Waals surface area contributed by atoms with Gasteiger partial charge in [0, 0.05) is 5.56 Å². The lowest BCUT2D eigenvalue weighted by atomic mass is 10.1. The number of pyridine rings is 1. The molecule has 2 nitrogen and oxygen atoms in total. The molecule has 3 heterocycles.